The van der Waals surface area contributed by atoms with Gasteiger partial charge in [-0.25, -0.2) is 4.98 Å². The Labute approximate surface area is 197 Å². The summed E-state index contributed by atoms with van der Waals surface area (Å²) >= 11 is 0. The van der Waals surface area contributed by atoms with E-state index < -0.39 is 0 Å². The fourth-order valence-corrected chi connectivity index (χ4v) is 4.08. The molecule has 1 N–H and O–H groups in total. The van der Waals surface area contributed by atoms with Crippen molar-refractivity contribution in [2.75, 3.05) is 13.2 Å². The van der Waals surface area contributed by atoms with E-state index >= 15 is 0 Å². The van der Waals surface area contributed by atoms with E-state index in [-0.39, 0.29) is 5.91 Å². The molecule has 2 aromatic carbocycles. The van der Waals surface area contributed by atoms with Crippen LogP contribution in [0.4, 0.5) is 0 Å². The molecule has 0 atom stereocenters. The van der Waals surface area contributed by atoms with Crippen LogP contribution in [0.5, 0.6) is 5.75 Å². The van der Waals surface area contributed by atoms with Crippen LogP contribution in [0, 0.1) is 13.8 Å². The van der Waals surface area contributed by atoms with E-state index in [1.54, 1.807) is 6.92 Å². The minimum Gasteiger partial charge on any atom is -0.493 e. The van der Waals surface area contributed by atoms with Gasteiger partial charge >= 0.3 is 0 Å². The van der Waals surface area contributed by atoms with Crippen LogP contribution < -0.4 is 10.1 Å². The lowest BCUT2D eigenvalue weighted by atomic mass is 10.1. The summed E-state index contributed by atoms with van der Waals surface area (Å²) in [5.74, 6) is 2.11. The van der Waals surface area contributed by atoms with Gasteiger partial charge in [0.2, 0.25) is 5.91 Å². The van der Waals surface area contributed by atoms with E-state index in [1.165, 1.54) is 16.6 Å². The summed E-state index contributed by atoms with van der Waals surface area (Å²) in [6, 6.07) is 14.6. The van der Waals surface area contributed by atoms with Gasteiger partial charge in [0, 0.05) is 25.1 Å². The van der Waals surface area contributed by atoms with E-state index in [4.69, 9.17) is 9.72 Å². The number of hydrogen-bond acceptors (Lipinski definition) is 3. The van der Waals surface area contributed by atoms with Crippen molar-refractivity contribution >= 4 is 16.9 Å². The fourth-order valence-electron chi connectivity index (χ4n) is 4.08. The zero-order valence-corrected chi connectivity index (χ0v) is 20.3. The molecule has 0 spiro atoms. The van der Waals surface area contributed by atoms with E-state index in [9.17, 15) is 4.79 Å². The van der Waals surface area contributed by atoms with Gasteiger partial charge in [-0.05, 0) is 69.7 Å². The Morgan fingerprint density at radius 3 is 2.52 bits per heavy atom. The van der Waals surface area contributed by atoms with Crippen LogP contribution >= 0.6 is 0 Å². The Balaban J connectivity index is 1.49. The minimum atomic E-state index is -0.0571. The third-order valence-corrected chi connectivity index (χ3v) is 5.92. The van der Waals surface area contributed by atoms with Gasteiger partial charge in [0.1, 0.15) is 11.6 Å². The Hall–Kier alpha value is -3.08. The molecule has 5 nitrogen and oxygen atoms in total. The third kappa shape index (κ3) is 6.95. The molecule has 3 rings (SSSR count). The Morgan fingerprint density at radius 2 is 1.76 bits per heavy atom. The molecule has 0 saturated carbocycles. The lowest BCUT2D eigenvalue weighted by molar-refractivity contribution is -0.117. The van der Waals surface area contributed by atoms with E-state index in [0.29, 0.717) is 12.1 Å². The van der Waals surface area contributed by atoms with Gasteiger partial charge in [0.25, 0.3) is 0 Å². The number of imidazole rings is 1. The van der Waals surface area contributed by atoms with Crippen LogP contribution in [-0.2, 0) is 17.8 Å². The molecule has 3 aromatic rings. The second kappa shape index (κ2) is 12.2. The van der Waals surface area contributed by atoms with Crippen LogP contribution in [0.15, 0.2) is 54.6 Å². The number of carbonyl (C=O) groups is 1. The number of fused-ring (bicyclic) bond motifs is 1. The number of carbonyl (C=O) groups excluding carboxylic acids is 1. The van der Waals surface area contributed by atoms with Crippen molar-refractivity contribution in [1.29, 1.82) is 0 Å². The van der Waals surface area contributed by atoms with Crippen molar-refractivity contribution in [3.8, 4) is 5.75 Å². The topological polar surface area (TPSA) is 56.2 Å². The third-order valence-electron chi connectivity index (χ3n) is 5.92. The van der Waals surface area contributed by atoms with Crippen molar-refractivity contribution in [2.24, 2.45) is 0 Å². The number of para-hydroxylation sites is 3. The second-order valence-corrected chi connectivity index (χ2v) is 8.79. The maximum absolute atomic E-state index is 11.6. The number of hydrogen-bond donors (Lipinski definition) is 1. The number of ether oxygens (including phenoxy) is 1. The molecule has 0 aliphatic carbocycles. The molecule has 0 bridgehead atoms. The minimum absolute atomic E-state index is 0.0571. The van der Waals surface area contributed by atoms with Gasteiger partial charge in [-0.1, -0.05) is 43.3 Å². The molecule has 0 radical (unpaired) electrons. The van der Waals surface area contributed by atoms with Crippen molar-refractivity contribution in [2.45, 2.75) is 65.8 Å². The maximum Gasteiger partial charge on any atom is 0.246 e. The number of rotatable bonds is 13. The van der Waals surface area contributed by atoms with E-state index in [1.807, 2.05) is 6.07 Å². The zero-order valence-electron chi connectivity index (χ0n) is 20.3. The van der Waals surface area contributed by atoms with Gasteiger partial charge in [-0.2, -0.15) is 0 Å². The van der Waals surface area contributed by atoms with Gasteiger partial charge in [0.15, 0.2) is 0 Å². The lowest BCUT2D eigenvalue weighted by Gasteiger charge is -2.13. The first-order chi connectivity index (χ1) is 16.0. The molecule has 33 heavy (non-hydrogen) atoms. The first kappa shape index (κ1) is 24.6. The molecule has 0 saturated heterocycles. The standard InChI is InChI=1S/C28H37N3O2/c1-21(2)28(32)29-18-9-5-6-17-26-30-24-15-7-8-16-25(24)31(26)19-10-11-20-33-27-22(3)13-12-14-23(27)4/h7-8,12-16H,1,5-6,9-11,17-20H2,2-4H3,(H,29,32). The molecular weight excluding hydrogens is 410 g/mol. The van der Waals surface area contributed by atoms with Gasteiger partial charge in [0.05, 0.1) is 17.6 Å². The highest BCUT2D eigenvalue weighted by molar-refractivity contribution is 5.92. The SMILES string of the molecule is C=C(C)C(=O)NCCCCCc1nc2ccccc2n1CCCCOc1c(C)cccc1C. The number of aryl methyl sites for hydroxylation is 4. The van der Waals surface area contributed by atoms with Crippen LogP contribution in [0.3, 0.4) is 0 Å². The Bertz CT molecular complexity index is 1060. The van der Waals surface area contributed by atoms with Crippen molar-refractivity contribution in [1.82, 2.24) is 14.9 Å². The summed E-state index contributed by atoms with van der Waals surface area (Å²) in [6.45, 7) is 12.0. The van der Waals surface area contributed by atoms with Crippen molar-refractivity contribution in [3.05, 3.63) is 71.6 Å². The first-order valence-corrected chi connectivity index (χ1v) is 12.0. The highest BCUT2D eigenvalue weighted by Crippen LogP contribution is 2.23. The molecular formula is C28H37N3O2. The van der Waals surface area contributed by atoms with Crippen LogP contribution in [-0.4, -0.2) is 28.6 Å². The number of benzene rings is 2. The molecule has 0 unspecified atom stereocenters. The molecule has 0 aliphatic heterocycles. The Kier molecular flexibility index (Phi) is 9.11. The van der Waals surface area contributed by atoms with Gasteiger partial charge in [-0.3, -0.25) is 4.79 Å². The highest BCUT2D eigenvalue weighted by atomic mass is 16.5. The summed E-state index contributed by atoms with van der Waals surface area (Å²) in [4.78, 5) is 16.5. The molecule has 1 heterocycles. The predicted molar refractivity (Wildman–Crippen MR) is 136 cm³/mol. The summed E-state index contributed by atoms with van der Waals surface area (Å²) in [7, 11) is 0. The molecule has 5 heteroatoms. The van der Waals surface area contributed by atoms with Crippen LogP contribution in [0.1, 0.15) is 56.0 Å². The summed E-state index contributed by atoms with van der Waals surface area (Å²) in [5.41, 5.74) is 5.21. The van der Waals surface area contributed by atoms with Crippen molar-refractivity contribution in [3.63, 3.8) is 0 Å². The number of amides is 1. The first-order valence-electron chi connectivity index (χ1n) is 12.0. The van der Waals surface area contributed by atoms with Crippen molar-refractivity contribution < 1.29 is 9.53 Å². The molecule has 1 aromatic heterocycles. The van der Waals surface area contributed by atoms with Gasteiger partial charge < -0.3 is 14.6 Å². The van der Waals surface area contributed by atoms with Crippen LogP contribution in [0.2, 0.25) is 0 Å². The maximum atomic E-state index is 11.6. The number of aromatic nitrogens is 2. The average molecular weight is 448 g/mol. The summed E-state index contributed by atoms with van der Waals surface area (Å²) in [6.07, 6.45) is 6.08. The quantitative estimate of drug-likeness (QED) is 0.261. The second-order valence-electron chi connectivity index (χ2n) is 8.79. The summed E-state index contributed by atoms with van der Waals surface area (Å²) in [5, 5.41) is 2.90. The number of unbranched alkanes of at least 4 members (excludes halogenated alkanes) is 3. The predicted octanol–water partition coefficient (Wildman–Crippen LogP) is 5.92. The smallest absolute Gasteiger partial charge is 0.246 e. The number of nitrogens with zero attached hydrogens (tertiary/aromatic N) is 2. The number of nitrogens with one attached hydrogen (secondary N) is 1. The molecule has 176 valence electrons. The zero-order chi connectivity index (χ0) is 23.6. The van der Waals surface area contributed by atoms with E-state index in [2.05, 4.69) is 66.7 Å². The van der Waals surface area contributed by atoms with Crippen LogP contribution in [0.25, 0.3) is 11.0 Å². The molecule has 1 amide bonds. The molecule has 0 aliphatic rings. The largest absolute Gasteiger partial charge is 0.493 e. The van der Waals surface area contributed by atoms with E-state index in [0.717, 1.165) is 68.8 Å². The average Bonchev–Trinajstić information content (AvgIpc) is 3.14. The monoisotopic (exact) mass is 447 g/mol. The highest BCUT2D eigenvalue weighted by Gasteiger charge is 2.10. The fraction of sp³-hybridized carbons (Fsp3) is 0.429. The van der Waals surface area contributed by atoms with Gasteiger partial charge in [-0.15, -0.1) is 0 Å². The molecule has 0 fully saturated rings. The summed E-state index contributed by atoms with van der Waals surface area (Å²) < 4.78 is 8.45. The Morgan fingerprint density at radius 1 is 1.00 bits per heavy atom. The normalized spacial score (nSPS) is 11.0. The lowest BCUT2D eigenvalue weighted by Crippen LogP contribution is -2.24.